The van der Waals surface area contributed by atoms with E-state index in [1.807, 2.05) is 0 Å². The van der Waals surface area contributed by atoms with Crippen molar-refractivity contribution in [2.45, 2.75) is 5.33 Å². The molecule has 1 aromatic carbocycles. The third kappa shape index (κ3) is 2.47. The van der Waals surface area contributed by atoms with Gasteiger partial charge in [0.15, 0.2) is 11.6 Å². The highest BCUT2D eigenvalue weighted by Gasteiger charge is 2.15. The minimum Gasteiger partial charge on any atom is -0.494 e. The molecule has 0 aromatic heterocycles. The summed E-state index contributed by atoms with van der Waals surface area (Å²) in [6, 6.07) is 2.58. The lowest BCUT2D eigenvalue weighted by atomic mass is 10.1. The maximum atomic E-state index is 13.3. The first kappa shape index (κ1) is 12.0. The van der Waals surface area contributed by atoms with Gasteiger partial charge >= 0.3 is 5.97 Å². The molecular formula is C10H10BrFO3. The van der Waals surface area contributed by atoms with Crippen LogP contribution in [0.25, 0.3) is 0 Å². The molecule has 0 aliphatic rings. The van der Waals surface area contributed by atoms with Crippen LogP contribution in [0.1, 0.15) is 15.9 Å². The Hall–Kier alpha value is -1.10. The van der Waals surface area contributed by atoms with Crippen molar-refractivity contribution in [3.05, 3.63) is 29.1 Å². The van der Waals surface area contributed by atoms with Crippen LogP contribution in [-0.2, 0) is 10.1 Å². The van der Waals surface area contributed by atoms with Crippen LogP contribution in [0.2, 0.25) is 0 Å². The molecule has 0 spiro atoms. The van der Waals surface area contributed by atoms with E-state index >= 15 is 0 Å². The number of ether oxygens (including phenoxy) is 2. The lowest BCUT2D eigenvalue weighted by Gasteiger charge is -2.08. The van der Waals surface area contributed by atoms with Gasteiger partial charge in [-0.25, -0.2) is 9.18 Å². The molecule has 0 saturated heterocycles. The summed E-state index contributed by atoms with van der Waals surface area (Å²) in [6.45, 7) is 0. The first-order chi connectivity index (χ1) is 7.13. The summed E-state index contributed by atoms with van der Waals surface area (Å²) in [5, 5.41) is 0.425. The van der Waals surface area contributed by atoms with Crippen LogP contribution in [0.5, 0.6) is 5.75 Å². The number of benzene rings is 1. The summed E-state index contributed by atoms with van der Waals surface area (Å²) in [5.74, 6) is -1.04. The quantitative estimate of drug-likeness (QED) is 0.629. The number of rotatable bonds is 3. The minimum absolute atomic E-state index is 0.108. The lowest BCUT2D eigenvalue weighted by molar-refractivity contribution is 0.0599. The molecule has 3 nitrogen and oxygen atoms in total. The van der Waals surface area contributed by atoms with Crippen molar-refractivity contribution in [3.8, 4) is 5.75 Å². The Kier molecular flexibility index (Phi) is 4.08. The smallest absolute Gasteiger partial charge is 0.338 e. The Morgan fingerprint density at radius 1 is 1.47 bits per heavy atom. The van der Waals surface area contributed by atoms with Crippen LogP contribution in [0.15, 0.2) is 12.1 Å². The Morgan fingerprint density at radius 2 is 2.13 bits per heavy atom. The molecule has 0 unspecified atom stereocenters. The molecule has 0 atom stereocenters. The topological polar surface area (TPSA) is 35.5 Å². The van der Waals surface area contributed by atoms with Gasteiger partial charge in [-0.05, 0) is 17.7 Å². The van der Waals surface area contributed by atoms with Gasteiger partial charge < -0.3 is 9.47 Å². The molecule has 1 aromatic rings. The van der Waals surface area contributed by atoms with Crippen molar-refractivity contribution < 1.29 is 18.7 Å². The fourth-order valence-corrected chi connectivity index (χ4v) is 1.63. The second-order valence-electron chi connectivity index (χ2n) is 2.77. The van der Waals surface area contributed by atoms with Crippen molar-refractivity contribution in [1.29, 1.82) is 0 Å². The van der Waals surface area contributed by atoms with E-state index < -0.39 is 11.8 Å². The molecule has 0 amide bonds. The average molecular weight is 277 g/mol. The normalized spacial score (nSPS) is 9.87. The lowest BCUT2D eigenvalue weighted by Crippen LogP contribution is -2.06. The fourth-order valence-electron chi connectivity index (χ4n) is 1.16. The number of methoxy groups -OCH3 is 2. The number of carbonyl (C=O) groups excluding carboxylic acids is 1. The van der Waals surface area contributed by atoms with E-state index in [9.17, 15) is 9.18 Å². The molecule has 0 N–H and O–H groups in total. The highest BCUT2D eigenvalue weighted by atomic mass is 79.9. The number of halogens is 2. The largest absolute Gasteiger partial charge is 0.494 e. The van der Waals surface area contributed by atoms with E-state index in [-0.39, 0.29) is 11.3 Å². The zero-order chi connectivity index (χ0) is 11.4. The molecule has 0 aliphatic heterocycles. The van der Waals surface area contributed by atoms with Crippen molar-refractivity contribution >= 4 is 21.9 Å². The van der Waals surface area contributed by atoms with Gasteiger partial charge in [-0.15, -0.1) is 0 Å². The molecule has 0 fully saturated rings. The van der Waals surface area contributed by atoms with Gasteiger partial charge in [0.25, 0.3) is 0 Å². The van der Waals surface area contributed by atoms with E-state index in [1.165, 1.54) is 20.3 Å². The standard InChI is InChI=1S/C10H10BrFO3/c1-14-9-3-6(5-11)7(4-8(9)12)10(13)15-2/h3-4H,5H2,1-2H3. The maximum Gasteiger partial charge on any atom is 0.338 e. The van der Waals surface area contributed by atoms with Gasteiger partial charge in [0.2, 0.25) is 0 Å². The second-order valence-corrected chi connectivity index (χ2v) is 3.33. The predicted octanol–water partition coefficient (Wildman–Crippen LogP) is 2.52. The zero-order valence-corrected chi connectivity index (χ0v) is 9.93. The minimum atomic E-state index is -0.581. The van der Waals surface area contributed by atoms with E-state index in [0.717, 1.165) is 6.07 Å². The van der Waals surface area contributed by atoms with Crippen molar-refractivity contribution in [2.24, 2.45) is 0 Å². The van der Waals surface area contributed by atoms with Crippen molar-refractivity contribution in [2.75, 3.05) is 14.2 Å². The summed E-state index contributed by atoms with van der Waals surface area (Å²) < 4.78 is 22.7. The molecule has 1 rings (SSSR count). The summed E-state index contributed by atoms with van der Waals surface area (Å²) >= 11 is 3.21. The summed E-state index contributed by atoms with van der Waals surface area (Å²) in [7, 11) is 2.62. The highest BCUT2D eigenvalue weighted by Crippen LogP contribution is 2.24. The van der Waals surface area contributed by atoms with Gasteiger partial charge in [0, 0.05) is 5.33 Å². The van der Waals surface area contributed by atoms with Gasteiger partial charge in [-0.2, -0.15) is 0 Å². The number of hydrogen-bond donors (Lipinski definition) is 0. The molecular weight excluding hydrogens is 267 g/mol. The Labute approximate surface area is 95.3 Å². The maximum absolute atomic E-state index is 13.3. The fraction of sp³-hybridized carbons (Fsp3) is 0.300. The Morgan fingerprint density at radius 3 is 2.60 bits per heavy atom. The first-order valence-corrected chi connectivity index (χ1v) is 5.26. The van der Waals surface area contributed by atoms with Crippen LogP contribution >= 0.6 is 15.9 Å². The van der Waals surface area contributed by atoms with E-state index in [1.54, 1.807) is 0 Å². The third-order valence-electron chi connectivity index (χ3n) is 1.93. The van der Waals surface area contributed by atoms with E-state index in [4.69, 9.17) is 4.74 Å². The highest BCUT2D eigenvalue weighted by molar-refractivity contribution is 9.08. The molecule has 0 bridgehead atoms. The molecule has 0 heterocycles. The van der Waals surface area contributed by atoms with Crippen molar-refractivity contribution in [1.82, 2.24) is 0 Å². The van der Waals surface area contributed by atoms with E-state index in [2.05, 4.69) is 20.7 Å². The summed E-state index contributed by atoms with van der Waals surface area (Å²) in [4.78, 5) is 11.3. The van der Waals surface area contributed by atoms with Gasteiger partial charge in [0.05, 0.1) is 19.8 Å². The molecule has 0 saturated carbocycles. The third-order valence-corrected chi connectivity index (χ3v) is 2.53. The van der Waals surface area contributed by atoms with Gasteiger partial charge in [0.1, 0.15) is 0 Å². The molecule has 15 heavy (non-hydrogen) atoms. The second kappa shape index (κ2) is 5.11. The summed E-state index contributed by atoms with van der Waals surface area (Å²) in [6.07, 6.45) is 0. The van der Waals surface area contributed by atoms with Crippen molar-refractivity contribution in [3.63, 3.8) is 0 Å². The SMILES string of the molecule is COC(=O)c1cc(F)c(OC)cc1CBr. The number of hydrogen-bond acceptors (Lipinski definition) is 3. The number of alkyl halides is 1. The van der Waals surface area contributed by atoms with Crippen LogP contribution in [0.4, 0.5) is 4.39 Å². The Balaban J connectivity index is 3.27. The molecule has 0 aliphatic carbocycles. The first-order valence-electron chi connectivity index (χ1n) is 4.14. The Bertz CT molecular complexity index is 379. The molecule has 82 valence electrons. The van der Waals surface area contributed by atoms with Crippen LogP contribution < -0.4 is 4.74 Å². The number of carbonyl (C=O) groups is 1. The zero-order valence-electron chi connectivity index (χ0n) is 8.34. The van der Waals surface area contributed by atoms with Gasteiger partial charge in [-0.1, -0.05) is 15.9 Å². The van der Waals surface area contributed by atoms with Crippen LogP contribution in [-0.4, -0.2) is 20.2 Å². The van der Waals surface area contributed by atoms with Gasteiger partial charge in [-0.3, -0.25) is 0 Å². The van der Waals surface area contributed by atoms with E-state index in [0.29, 0.717) is 10.9 Å². The number of esters is 1. The summed E-state index contributed by atoms with van der Waals surface area (Å²) in [5.41, 5.74) is 0.827. The monoisotopic (exact) mass is 276 g/mol. The molecule has 0 radical (unpaired) electrons. The van der Waals surface area contributed by atoms with Crippen LogP contribution in [0, 0.1) is 5.82 Å². The van der Waals surface area contributed by atoms with Crippen LogP contribution in [0.3, 0.4) is 0 Å². The molecule has 5 heteroatoms. The average Bonchev–Trinajstić information content (AvgIpc) is 2.27. The predicted molar refractivity (Wildman–Crippen MR) is 56.9 cm³/mol.